The fourth-order valence-corrected chi connectivity index (χ4v) is 3.25. The van der Waals surface area contributed by atoms with Gasteiger partial charge in [-0.1, -0.05) is 0 Å². The fraction of sp³-hybridized carbons (Fsp3) is 0.500. The standard InChI is InChI=1S/C18H21F3N4O3/c1-11(2)25-15(18(19,20)21)13(10-22-25)16(26)23-12-5-7-24(8-6-12)17(27)14-4-3-9-28-14/h3-4,9-12H,5-8H2,1-2H3,(H,23,26). The molecule has 1 aliphatic rings. The summed E-state index contributed by atoms with van der Waals surface area (Å²) in [6, 6.07) is 2.34. The second-order valence-electron chi connectivity index (χ2n) is 6.96. The summed E-state index contributed by atoms with van der Waals surface area (Å²) >= 11 is 0. The minimum Gasteiger partial charge on any atom is -0.459 e. The first kappa shape index (κ1) is 20.0. The van der Waals surface area contributed by atoms with Crippen LogP contribution in [0.15, 0.2) is 29.0 Å². The van der Waals surface area contributed by atoms with Crippen LogP contribution in [0.25, 0.3) is 0 Å². The topological polar surface area (TPSA) is 80.4 Å². The Morgan fingerprint density at radius 2 is 1.96 bits per heavy atom. The summed E-state index contributed by atoms with van der Waals surface area (Å²) in [4.78, 5) is 26.3. The quantitative estimate of drug-likeness (QED) is 0.858. The number of likely N-dealkylation sites (tertiary alicyclic amines) is 1. The van der Waals surface area contributed by atoms with Crippen LogP contribution < -0.4 is 5.32 Å². The molecule has 1 saturated heterocycles. The summed E-state index contributed by atoms with van der Waals surface area (Å²) in [7, 11) is 0. The zero-order valence-corrected chi connectivity index (χ0v) is 15.5. The number of rotatable bonds is 4. The van der Waals surface area contributed by atoms with Crippen LogP contribution in [0.2, 0.25) is 0 Å². The third-order valence-electron chi connectivity index (χ3n) is 4.65. The maximum atomic E-state index is 13.4. The molecular weight excluding hydrogens is 377 g/mol. The molecule has 0 spiro atoms. The lowest BCUT2D eigenvalue weighted by Crippen LogP contribution is -2.46. The van der Waals surface area contributed by atoms with E-state index in [9.17, 15) is 22.8 Å². The monoisotopic (exact) mass is 398 g/mol. The molecule has 0 aromatic carbocycles. The number of hydrogen-bond acceptors (Lipinski definition) is 4. The Morgan fingerprint density at radius 3 is 2.50 bits per heavy atom. The van der Waals surface area contributed by atoms with Crippen molar-refractivity contribution in [1.29, 1.82) is 0 Å². The Hall–Kier alpha value is -2.78. The average Bonchev–Trinajstić information content (AvgIpc) is 3.31. The number of hydrogen-bond donors (Lipinski definition) is 1. The molecule has 0 radical (unpaired) electrons. The van der Waals surface area contributed by atoms with Crippen molar-refractivity contribution in [3.8, 4) is 0 Å². The van der Waals surface area contributed by atoms with Gasteiger partial charge in [0.1, 0.15) is 0 Å². The van der Waals surface area contributed by atoms with Gasteiger partial charge < -0.3 is 14.6 Å². The highest BCUT2D eigenvalue weighted by Gasteiger charge is 2.41. The van der Waals surface area contributed by atoms with Gasteiger partial charge in [0.15, 0.2) is 11.5 Å². The molecule has 0 saturated carbocycles. The highest BCUT2D eigenvalue weighted by Crippen LogP contribution is 2.33. The molecule has 1 aliphatic heterocycles. The second-order valence-corrected chi connectivity index (χ2v) is 6.96. The summed E-state index contributed by atoms with van der Waals surface area (Å²) < 4.78 is 46.2. The molecule has 3 heterocycles. The van der Waals surface area contributed by atoms with E-state index in [1.54, 1.807) is 30.9 Å². The molecule has 3 rings (SSSR count). The van der Waals surface area contributed by atoms with E-state index < -0.39 is 29.4 Å². The summed E-state index contributed by atoms with van der Waals surface area (Å²) in [5, 5.41) is 6.37. The van der Waals surface area contributed by atoms with Gasteiger partial charge in [-0.05, 0) is 38.8 Å². The number of nitrogens with one attached hydrogen (secondary N) is 1. The molecule has 2 aromatic heterocycles. The van der Waals surface area contributed by atoms with Crippen molar-refractivity contribution in [3.63, 3.8) is 0 Å². The van der Waals surface area contributed by atoms with Gasteiger partial charge in [0.2, 0.25) is 0 Å². The van der Waals surface area contributed by atoms with Crippen LogP contribution in [0.3, 0.4) is 0 Å². The molecule has 7 nitrogen and oxygen atoms in total. The Labute approximate surface area is 159 Å². The van der Waals surface area contributed by atoms with Crippen LogP contribution in [0.4, 0.5) is 13.2 Å². The molecule has 28 heavy (non-hydrogen) atoms. The molecule has 0 aliphatic carbocycles. The van der Waals surface area contributed by atoms with Crippen molar-refractivity contribution in [2.75, 3.05) is 13.1 Å². The number of nitrogens with zero attached hydrogens (tertiary/aromatic N) is 3. The predicted molar refractivity (Wildman–Crippen MR) is 92.7 cm³/mol. The number of aromatic nitrogens is 2. The van der Waals surface area contributed by atoms with Crippen molar-refractivity contribution in [3.05, 3.63) is 41.6 Å². The van der Waals surface area contributed by atoms with Gasteiger partial charge in [0.05, 0.1) is 18.0 Å². The van der Waals surface area contributed by atoms with Crippen LogP contribution in [-0.4, -0.2) is 45.6 Å². The molecule has 152 valence electrons. The maximum Gasteiger partial charge on any atom is 0.433 e. The number of piperidine rings is 1. The Morgan fingerprint density at radius 1 is 1.29 bits per heavy atom. The molecule has 1 fully saturated rings. The van der Waals surface area contributed by atoms with Crippen molar-refractivity contribution >= 4 is 11.8 Å². The smallest absolute Gasteiger partial charge is 0.433 e. The molecular formula is C18H21F3N4O3. The lowest BCUT2D eigenvalue weighted by Gasteiger charge is -2.31. The van der Waals surface area contributed by atoms with Crippen molar-refractivity contribution in [1.82, 2.24) is 20.0 Å². The molecule has 10 heteroatoms. The number of alkyl halides is 3. The van der Waals surface area contributed by atoms with E-state index >= 15 is 0 Å². The van der Waals surface area contributed by atoms with E-state index in [1.807, 2.05) is 0 Å². The van der Waals surface area contributed by atoms with E-state index in [-0.39, 0.29) is 17.7 Å². The predicted octanol–water partition coefficient (Wildman–Crippen LogP) is 3.11. The van der Waals surface area contributed by atoms with Gasteiger partial charge in [-0.15, -0.1) is 0 Å². The van der Waals surface area contributed by atoms with Crippen LogP contribution in [0.1, 0.15) is 59.3 Å². The summed E-state index contributed by atoms with van der Waals surface area (Å²) in [5.74, 6) is -0.819. The lowest BCUT2D eigenvalue weighted by molar-refractivity contribution is -0.145. The molecule has 0 unspecified atom stereocenters. The maximum absolute atomic E-state index is 13.4. The van der Waals surface area contributed by atoms with Crippen LogP contribution >= 0.6 is 0 Å². The first-order valence-electron chi connectivity index (χ1n) is 8.96. The van der Waals surface area contributed by atoms with E-state index in [0.29, 0.717) is 25.9 Å². The molecule has 0 bridgehead atoms. The summed E-state index contributed by atoms with van der Waals surface area (Å²) in [6.45, 7) is 3.88. The van der Waals surface area contributed by atoms with Crippen LogP contribution in [-0.2, 0) is 6.18 Å². The van der Waals surface area contributed by atoms with Gasteiger partial charge in [-0.2, -0.15) is 18.3 Å². The van der Waals surface area contributed by atoms with Crippen molar-refractivity contribution in [2.45, 2.75) is 44.9 Å². The summed E-state index contributed by atoms with van der Waals surface area (Å²) in [5.41, 5.74) is -1.54. The zero-order valence-electron chi connectivity index (χ0n) is 15.5. The lowest BCUT2D eigenvalue weighted by atomic mass is 10.0. The molecule has 2 amide bonds. The van der Waals surface area contributed by atoms with Gasteiger partial charge in [0.25, 0.3) is 11.8 Å². The van der Waals surface area contributed by atoms with E-state index in [2.05, 4.69) is 10.4 Å². The van der Waals surface area contributed by atoms with E-state index in [4.69, 9.17) is 4.42 Å². The number of furan rings is 1. The first-order chi connectivity index (χ1) is 13.2. The third-order valence-corrected chi connectivity index (χ3v) is 4.65. The summed E-state index contributed by atoms with van der Waals surface area (Å²) in [6.07, 6.45) is -1.44. The Balaban J connectivity index is 1.65. The average molecular weight is 398 g/mol. The van der Waals surface area contributed by atoms with Crippen molar-refractivity contribution in [2.24, 2.45) is 0 Å². The Bertz CT molecular complexity index is 835. The number of amides is 2. The van der Waals surface area contributed by atoms with Gasteiger partial charge in [-0.3, -0.25) is 14.3 Å². The van der Waals surface area contributed by atoms with Crippen molar-refractivity contribution < 1.29 is 27.2 Å². The number of carbonyl (C=O) groups excluding carboxylic acids is 2. The van der Waals surface area contributed by atoms with Gasteiger partial charge >= 0.3 is 6.18 Å². The highest BCUT2D eigenvalue weighted by molar-refractivity contribution is 5.95. The molecule has 2 aromatic rings. The number of halogens is 3. The zero-order chi connectivity index (χ0) is 20.5. The van der Waals surface area contributed by atoms with Gasteiger partial charge in [-0.25, -0.2) is 0 Å². The molecule has 0 atom stereocenters. The normalized spacial score (nSPS) is 15.9. The largest absolute Gasteiger partial charge is 0.459 e. The van der Waals surface area contributed by atoms with Crippen LogP contribution in [0.5, 0.6) is 0 Å². The minimum atomic E-state index is -4.69. The van der Waals surface area contributed by atoms with E-state index in [1.165, 1.54) is 6.26 Å². The Kier molecular flexibility index (Phi) is 5.48. The van der Waals surface area contributed by atoms with E-state index in [0.717, 1.165) is 10.9 Å². The van der Waals surface area contributed by atoms with Gasteiger partial charge in [0, 0.05) is 25.2 Å². The fourth-order valence-electron chi connectivity index (χ4n) is 3.25. The SMILES string of the molecule is CC(C)n1ncc(C(=O)NC2CCN(C(=O)c3ccco3)CC2)c1C(F)(F)F. The van der Waals surface area contributed by atoms with Crippen LogP contribution in [0, 0.1) is 0 Å². The number of carbonyl (C=O) groups is 2. The first-order valence-corrected chi connectivity index (χ1v) is 8.96. The molecule has 1 N–H and O–H groups in total. The third kappa shape index (κ3) is 4.05. The highest BCUT2D eigenvalue weighted by atomic mass is 19.4. The second kappa shape index (κ2) is 7.69. The minimum absolute atomic E-state index is 0.235.